The van der Waals surface area contributed by atoms with Gasteiger partial charge >= 0.3 is 13.7 Å². The highest BCUT2D eigenvalue weighted by Crippen LogP contribution is 2.46. The molecule has 4 N–H and O–H groups in total. The molecule has 1 aliphatic rings. The van der Waals surface area contributed by atoms with Gasteiger partial charge in [-0.25, -0.2) is 14.6 Å². The van der Waals surface area contributed by atoms with E-state index < -0.39 is 26.0 Å². The number of carbonyl (C=O) groups is 1. The van der Waals surface area contributed by atoms with E-state index in [9.17, 15) is 14.5 Å². The van der Waals surface area contributed by atoms with Gasteiger partial charge in [0.1, 0.15) is 18.5 Å². The first kappa shape index (κ1) is 29.7. The number of benzene rings is 1. The van der Waals surface area contributed by atoms with Crippen LogP contribution in [-0.4, -0.2) is 70.2 Å². The first-order chi connectivity index (χ1) is 19.4. The monoisotopic (exact) mass is 578 g/mol. The van der Waals surface area contributed by atoms with Crippen molar-refractivity contribution < 1.29 is 37.7 Å². The number of carbonyl (C=O) groups excluding carboxylic acids is 1. The van der Waals surface area contributed by atoms with Crippen molar-refractivity contribution in [1.82, 2.24) is 24.6 Å². The van der Waals surface area contributed by atoms with Crippen LogP contribution in [0.1, 0.15) is 38.8 Å². The number of para-hydroxylation sites is 1. The molecule has 0 bridgehead atoms. The van der Waals surface area contributed by atoms with Gasteiger partial charge in [0.15, 0.2) is 11.2 Å². The molecule has 1 aromatic carbocycles. The largest absolute Gasteiger partial charge is 0.479 e. The second kappa shape index (κ2) is 13.9. The number of aliphatic hydroxyl groups excluding tert-OH is 1. The lowest BCUT2D eigenvalue weighted by atomic mass is 10.00. The number of hydrogen-bond acceptors (Lipinski definition) is 12. The molecule has 0 radical (unpaired) electrons. The van der Waals surface area contributed by atoms with Crippen molar-refractivity contribution in [2.75, 3.05) is 39.2 Å². The highest BCUT2D eigenvalue weighted by molar-refractivity contribution is 7.52. The van der Waals surface area contributed by atoms with Crippen LogP contribution in [0, 0.1) is 5.92 Å². The van der Waals surface area contributed by atoms with Crippen LogP contribution >= 0.6 is 7.75 Å². The second-order valence-corrected chi connectivity index (χ2v) is 10.9. The quantitative estimate of drug-likeness (QED) is 0.136. The predicted molar refractivity (Wildman–Crippen MR) is 145 cm³/mol. The number of anilines is 1. The summed E-state index contributed by atoms with van der Waals surface area (Å²) in [7, 11) is -2.55. The van der Waals surface area contributed by atoms with E-state index in [0.29, 0.717) is 29.8 Å². The lowest BCUT2D eigenvalue weighted by molar-refractivity contribution is -0.142. The Morgan fingerprint density at radius 2 is 2.10 bits per heavy atom. The zero-order valence-corrected chi connectivity index (χ0v) is 23.4. The molecule has 4 atom stereocenters. The van der Waals surface area contributed by atoms with Gasteiger partial charge in [-0.05, 0) is 31.4 Å². The van der Waals surface area contributed by atoms with E-state index in [1.807, 2.05) is 6.92 Å². The van der Waals surface area contributed by atoms with Crippen LogP contribution < -0.4 is 20.1 Å². The lowest BCUT2D eigenvalue weighted by Crippen LogP contribution is -2.27. The van der Waals surface area contributed by atoms with Gasteiger partial charge in [0, 0.05) is 12.5 Å². The van der Waals surface area contributed by atoms with Crippen molar-refractivity contribution in [3.8, 4) is 11.6 Å². The van der Waals surface area contributed by atoms with Gasteiger partial charge in [-0.2, -0.15) is 9.97 Å². The summed E-state index contributed by atoms with van der Waals surface area (Å²) in [5.74, 6) is -0.166. The van der Waals surface area contributed by atoms with Gasteiger partial charge in [-0.1, -0.05) is 31.5 Å². The number of esters is 1. The molecule has 14 nitrogen and oxygen atoms in total. The molecule has 40 heavy (non-hydrogen) atoms. The maximum Gasteiger partial charge on any atom is 0.459 e. The first-order valence-corrected chi connectivity index (χ1v) is 14.6. The number of ether oxygens (including phenoxy) is 3. The van der Waals surface area contributed by atoms with Crippen molar-refractivity contribution in [2.45, 2.75) is 44.9 Å². The molecular formula is C25H35N6O8P. The molecule has 3 heterocycles. The van der Waals surface area contributed by atoms with Gasteiger partial charge in [-0.15, -0.1) is 0 Å². The van der Waals surface area contributed by atoms with Crippen molar-refractivity contribution >= 4 is 30.8 Å². The minimum Gasteiger partial charge on any atom is -0.479 e. The van der Waals surface area contributed by atoms with Gasteiger partial charge in [0.2, 0.25) is 11.8 Å². The third-order valence-corrected chi connectivity index (χ3v) is 7.74. The Morgan fingerprint density at radius 3 is 2.83 bits per heavy atom. The Bertz CT molecular complexity index is 1310. The highest BCUT2D eigenvalue weighted by atomic mass is 31.2. The molecule has 1 aliphatic heterocycles. The molecule has 4 rings (SSSR count). The van der Waals surface area contributed by atoms with Crippen molar-refractivity contribution in [2.24, 2.45) is 5.92 Å². The molecular weight excluding hydrogens is 543 g/mol. The zero-order chi connectivity index (χ0) is 28.5. The minimum absolute atomic E-state index is 0.0148. The number of hydrogen-bond donors (Lipinski definition) is 3. The summed E-state index contributed by atoms with van der Waals surface area (Å²) in [5, 5.41) is 12.3. The van der Waals surface area contributed by atoms with Gasteiger partial charge in [-0.3, -0.25) is 13.9 Å². The van der Waals surface area contributed by atoms with Crippen LogP contribution in [0.5, 0.6) is 11.6 Å². The van der Waals surface area contributed by atoms with Crippen LogP contribution in [0.15, 0.2) is 36.7 Å². The Kier molecular flexibility index (Phi) is 10.3. The summed E-state index contributed by atoms with van der Waals surface area (Å²) >= 11 is 0. The maximum atomic E-state index is 13.7. The third kappa shape index (κ3) is 7.46. The number of nitrogen functional groups attached to an aromatic ring is 1. The number of rotatable bonds is 15. The van der Waals surface area contributed by atoms with Crippen LogP contribution in [-0.2, 0) is 23.4 Å². The number of nitrogens with one attached hydrogen (secondary N) is 1. The van der Waals surface area contributed by atoms with E-state index in [1.54, 1.807) is 41.2 Å². The number of unbranched alkanes of at least 4 members (excludes halogenated alkanes) is 1. The Hall–Kier alpha value is -3.29. The zero-order valence-electron chi connectivity index (χ0n) is 22.5. The van der Waals surface area contributed by atoms with E-state index >= 15 is 0 Å². The van der Waals surface area contributed by atoms with E-state index in [1.165, 1.54) is 7.11 Å². The first-order valence-electron chi connectivity index (χ1n) is 13.1. The standard InChI is InChI=1S/C25H35N6O8P/c1-3-4-12-36-20(33)14-28-40(34,39-18-8-6-5-7-9-18)37-15-19-13-17(10-11-32)24(38-19)31-16-27-21-22(31)29-25(26)30-23(21)35-2/h5-9,16-17,19,24,32H,3-4,10-15H2,1-2H3,(H,28,34)(H2,26,29,30). The van der Waals surface area contributed by atoms with Crippen LogP contribution in [0.4, 0.5) is 5.95 Å². The third-order valence-electron chi connectivity index (χ3n) is 6.25. The van der Waals surface area contributed by atoms with Crippen LogP contribution in [0.3, 0.4) is 0 Å². The van der Waals surface area contributed by atoms with E-state index in [4.69, 9.17) is 29.0 Å². The molecule has 4 unspecified atom stereocenters. The molecule has 0 amide bonds. The fraction of sp³-hybridized carbons (Fsp3) is 0.520. The summed E-state index contributed by atoms with van der Waals surface area (Å²) in [6.07, 6.45) is 2.97. The van der Waals surface area contributed by atoms with Crippen LogP contribution in [0.2, 0.25) is 0 Å². The number of methoxy groups -OCH3 is 1. The number of imidazole rings is 1. The fourth-order valence-corrected chi connectivity index (χ4v) is 5.62. The molecule has 0 aliphatic carbocycles. The van der Waals surface area contributed by atoms with Gasteiger partial charge in [0.05, 0.1) is 32.8 Å². The topological polar surface area (TPSA) is 182 Å². The summed E-state index contributed by atoms with van der Waals surface area (Å²) in [6.45, 7) is 1.71. The van der Waals surface area contributed by atoms with E-state index in [2.05, 4.69) is 20.0 Å². The number of nitrogens with two attached hydrogens (primary N) is 1. The molecule has 1 fully saturated rings. The maximum absolute atomic E-state index is 13.7. The predicted octanol–water partition coefficient (Wildman–Crippen LogP) is 2.84. The summed E-state index contributed by atoms with van der Waals surface area (Å²) in [5.41, 5.74) is 6.69. The number of aromatic nitrogens is 4. The van der Waals surface area contributed by atoms with Gasteiger partial charge in [0.25, 0.3) is 0 Å². The molecule has 1 saturated heterocycles. The Balaban J connectivity index is 1.48. The van der Waals surface area contributed by atoms with Crippen molar-refractivity contribution in [1.29, 1.82) is 0 Å². The van der Waals surface area contributed by atoms with Gasteiger partial charge < -0.3 is 29.6 Å². The summed E-state index contributed by atoms with van der Waals surface area (Å²) in [6, 6.07) is 8.50. The van der Waals surface area contributed by atoms with E-state index in [-0.39, 0.29) is 44.1 Å². The smallest absolute Gasteiger partial charge is 0.459 e. The highest BCUT2D eigenvalue weighted by Gasteiger charge is 2.39. The molecule has 218 valence electrons. The average molecular weight is 579 g/mol. The number of aliphatic hydroxyl groups is 1. The van der Waals surface area contributed by atoms with Crippen molar-refractivity contribution in [3.05, 3.63) is 36.7 Å². The molecule has 3 aromatic rings. The Morgan fingerprint density at radius 1 is 1.30 bits per heavy atom. The molecule has 0 saturated carbocycles. The van der Waals surface area contributed by atoms with Crippen molar-refractivity contribution in [3.63, 3.8) is 0 Å². The fourth-order valence-electron chi connectivity index (χ4n) is 4.33. The molecule has 15 heteroatoms. The Labute approximate surface area is 231 Å². The summed E-state index contributed by atoms with van der Waals surface area (Å²) in [4.78, 5) is 24.9. The van der Waals surface area contributed by atoms with E-state index in [0.717, 1.165) is 12.8 Å². The average Bonchev–Trinajstić information content (AvgIpc) is 3.55. The molecule has 2 aromatic heterocycles. The van der Waals surface area contributed by atoms with Crippen LogP contribution in [0.25, 0.3) is 11.2 Å². The second-order valence-electron chi connectivity index (χ2n) is 9.18. The summed E-state index contributed by atoms with van der Waals surface area (Å²) < 4.78 is 43.5. The number of nitrogens with zero attached hydrogens (tertiary/aromatic N) is 4. The lowest BCUT2D eigenvalue weighted by Gasteiger charge is -2.22. The molecule has 0 spiro atoms. The normalized spacial score (nSPS) is 20.3. The number of fused-ring (bicyclic) bond motifs is 1. The minimum atomic E-state index is -4.01. The SMILES string of the molecule is CCCCOC(=O)CNP(=O)(OCC1CC(CCO)C(n2cnc3c(OC)nc(N)nc32)O1)Oc1ccccc1.